The number of likely N-dealkylation sites (tertiary alicyclic amines) is 1. The van der Waals surface area contributed by atoms with Crippen LogP contribution >= 0.6 is 0 Å². The Balaban J connectivity index is 1.71. The highest BCUT2D eigenvalue weighted by Gasteiger charge is 2.33. The quantitative estimate of drug-likeness (QED) is 0.825. The Kier molecular flexibility index (Phi) is 3.90. The summed E-state index contributed by atoms with van der Waals surface area (Å²) in [6, 6.07) is 3.20. The summed E-state index contributed by atoms with van der Waals surface area (Å²) in [7, 11) is 0. The zero-order chi connectivity index (χ0) is 13.9. The first-order valence-corrected chi connectivity index (χ1v) is 6.30. The Morgan fingerprint density at radius 1 is 1.58 bits per heavy atom. The van der Waals surface area contributed by atoms with Crippen molar-refractivity contribution in [3.05, 3.63) is 24.2 Å². The van der Waals surface area contributed by atoms with E-state index in [1.807, 2.05) is 0 Å². The Bertz CT molecular complexity index is 453. The van der Waals surface area contributed by atoms with Crippen LogP contribution in [-0.4, -0.2) is 47.1 Å². The number of rotatable bonds is 4. The summed E-state index contributed by atoms with van der Waals surface area (Å²) in [6.07, 6.45) is 2.24. The fourth-order valence-corrected chi connectivity index (χ4v) is 2.09. The van der Waals surface area contributed by atoms with E-state index in [0.29, 0.717) is 19.5 Å². The lowest BCUT2D eigenvalue weighted by Crippen LogP contribution is -2.36. The Morgan fingerprint density at radius 3 is 2.95 bits per heavy atom. The van der Waals surface area contributed by atoms with Crippen molar-refractivity contribution in [2.24, 2.45) is 0 Å². The topological polar surface area (TPSA) is 82.8 Å². The molecule has 2 heterocycles. The second kappa shape index (κ2) is 5.44. The van der Waals surface area contributed by atoms with Crippen LogP contribution in [0.25, 0.3) is 0 Å². The summed E-state index contributed by atoms with van der Waals surface area (Å²) in [5, 5.41) is 12.4. The number of hydrogen-bond acceptors (Lipinski definition) is 4. The molecule has 0 aliphatic carbocycles. The van der Waals surface area contributed by atoms with Crippen LogP contribution in [0.1, 0.15) is 30.3 Å². The fourth-order valence-electron chi connectivity index (χ4n) is 2.09. The van der Waals surface area contributed by atoms with Crippen molar-refractivity contribution in [1.29, 1.82) is 0 Å². The number of carbonyl (C=O) groups excluding carboxylic acids is 2. The van der Waals surface area contributed by atoms with E-state index in [0.717, 1.165) is 0 Å². The molecule has 2 rings (SSSR count). The summed E-state index contributed by atoms with van der Waals surface area (Å²) in [4.78, 5) is 25.0. The molecule has 0 saturated carbocycles. The predicted octanol–water partition coefficient (Wildman–Crippen LogP) is 0.383. The standard InChI is InChI=1S/C13H18N2O4/c1-13(18)5-7-15(9-13)11(16)4-6-14-12(17)10-3-2-8-19-10/h2-3,8,18H,4-7,9H2,1H3,(H,14,17). The normalized spacial score (nSPS) is 22.5. The Hall–Kier alpha value is -1.82. The number of carbonyl (C=O) groups is 2. The number of amides is 2. The zero-order valence-corrected chi connectivity index (χ0v) is 10.9. The molecule has 1 aromatic rings. The van der Waals surface area contributed by atoms with Gasteiger partial charge in [-0.3, -0.25) is 9.59 Å². The summed E-state index contributed by atoms with van der Waals surface area (Å²) < 4.78 is 4.94. The van der Waals surface area contributed by atoms with Crippen molar-refractivity contribution < 1.29 is 19.1 Å². The van der Waals surface area contributed by atoms with Gasteiger partial charge in [0.1, 0.15) is 0 Å². The van der Waals surface area contributed by atoms with Crippen LogP contribution in [-0.2, 0) is 4.79 Å². The van der Waals surface area contributed by atoms with Crippen molar-refractivity contribution in [3.63, 3.8) is 0 Å². The predicted molar refractivity (Wildman–Crippen MR) is 67.5 cm³/mol. The van der Waals surface area contributed by atoms with Crippen LogP contribution in [0, 0.1) is 0 Å². The van der Waals surface area contributed by atoms with E-state index in [2.05, 4.69) is 5.32 Å². The van der Waals surface area contributed by atoms with Crippen molar-refractivity contribution in [3.8, 4) is 0 Å². The molecule has 1 saturated heterocycles. The number of aliphatic hydroxyl groups is 1. The molecule has 104 valence electrons. The number of hydrogen-bond donors (Lipinski definition) is 2. The zero-order valence-electron chi connectivity index (χ0n) is 10.9. The van der Waals surface area contributed by atoms with E-state index >= 15 is 0 Å². The summed E-state index contributed by atoms with van der Waals surface area (Å²) in [6.45, 7) is 2.91. The van der Waals surface area contributed by atoms with E-state index in [4.69, 9.17) is 4.42 Å². The van der Waals surface area contributed by atoms with Gasteiger partial charge in [-0.25, -0.2) is 0 Å². The minimum absolute atomic E-state index is 0.0579. The average molecular weight is 266 g/mol. The Morgan fingerprint density at radius 2 is 2.37 bits per heavy atom. The van der Waals surface area contributed by atoms with Gasteiger partial charge in [-0.2, -0.15) is 0 Å². The summed E-state index contributed by atoms with van der Waals surface area (Å²) >= 11 is 0. The third-order valence-corrected chi connectivity index (χ3v) is 3.17. The number of nitrogens with one attached hydrogen (secondary N) is 1. The second-order valence-electron chi connectivity index (χ2n) is 5.05. The van der Waals surface area contributed by atoms with Gasteiger partial charge in [0.05, 0.1) is 11.9 Å². The van der Waals surface area contributed by atoms with Gasteiger partial charge in [0, 0.05) is 26.1 Å². The smallest absolute Gasteiger partial charge is 0.286 e. The maximum absolute atomic E-state index is 11.8. The highest BCUT2D eigenvalue weighted by molar-refractivity contribution is 5.91. The van der Waals surface area contributed by atoms with Gasteiger partial charge < -0.3 is 19.7 Å². The molecule has 0 aromatic carbocycles. The molecule has 0 bridgehead atoms. The van der Waals surface area contributed by atoms with Gasteiger partial charge in [-0.15, -0.1) is 0 Å². The molecular formula is C13H18N2O4. The maximum Gasteiger partial charge on any atom is 0.286 e. The van der Waals surface area contributed by atoms with Gasteiger partial charge in [-0.05, 0) is 25.5 Å². The Labute approximate surface area is 111 Å². The molecule has 1 aromatic heterocycles. The maximum atomic E-state index is 11.8. The average Bonchev–Trinajstić information content (AvgIpc) is 2.97. The number of β-amino-alcohol motifs (C(OH)–C–C–N with tert-alkyl or cyclic N) is 1. The number of furan rings is 1. The first kappa shape index (κ1) is 13.6. The summed E-state index contributed by atoms with van der Waals surface area (Å²) in [5.41, 5.74) is -0.785. The van der Waals surface area contributed by atoms with Crippen LogP contribution in [0.15, 0.2) is 22.8 Å². The van der Waals surface area contributed by atoms with Gasteiger partial charge >= 0.3 is 0 Å². The molecule has 0 spiro atoms. The fraction of sp³-hybridized carbons (Fsp3) is 0.538. The third kappa shape index (κ3) is 3.57. The lowest BCUT2D eigenvalue weighted by atomic mass is 10.1. The van der Waals surface area contributed by atoms with Crippen LogP contribution < -0.4 is 5.32 Å². The van der Waals surface area contributed by atoms with Gasteiger partial charge in [0.15, 0.2) is 5.76 Å². The van der Waals surface area contributed by atoms with Crippen LogP contribution in [0.4, 0.5) is 0 Å². The molecule has 1 aliphatic heterocycles. The molecule has 6 heteroatoms. The van der Waals surface area contributed by atoms with Gasteiger partial charge in [0.25, 0.3) is 5.91 Å². The lowest BCUT2D eigenvalue weighted by Gasteiger charge is -2.19. The lowest BCUT2D eigenvalue weighted by molar-refractivity contribution is -0.130. The highest BCUT2D eigenvalue weighted by atomic mass is 16.3. The minimum atomic E-state index is -0.785. The first-order valence-electron chi connectivity index (χ1n) is 6.30. The minimum Gasteiger partial charge on any atom is -0.459 e. The second-order valence-corrected chi connectivity index (χ2v) is 5.05. The largest absolute Gasteiger partial charge is 0.459 e. The van der Waals surface area contributed by atoms with E-state index < -0.39 is 5.60 Å². The number of nitrogens with zero attached hydrogens (tertiary/aromatic N) is 1. The van der Waals surface area contributed by atoms with E-state index in [1.165, 1.54) is 6.26 Å². The molecule has 2 amide bonds. The first-order chi connectivity index (χ1) is 8.98. The van der Waals surface area contributed by atoms with E-state index in [1.54, 1.807) is 24.0 Å². The van der Waals surface area contributed by atoms with E-state index in [9.17, 15) is 14.7 Å². The summed E-state index contributed by atoms with van der Waals surface area (Å²) in [5.74, 6) is -0.153. The molecular weight excluding hydrogens is 248 g/mol. The SMILES string of the molecule is CC1(O)CCN(C(=O)CCNC(=O)c2ccco2)C1. The van der Waals surface area contributed by atoms with Crippen molar-refractivity contribution >= 4 is 11.8 Å². The third-order valence-electron chi connectivity index (χ3n) is 3.17. The van der Waals surface area contributed by atoms with E-state index in [-0.39, 0.29) is 30.5 Å². The van der Waals surface area contributed by atoms with Crippen LogP contribution in [0.3, 0.4) is 0 Å². The molecule has 0 radical (unpaired) electrons. The molecule has 1 unspecified atom stereocenters. The van der Waals surface area contributed by atoms with Crippen LogP contribution in [0.2, 0.25) is 0 Å². The van der Waals surface area contributed by atoms with Gasteiger partial charge in [-0.1, -0.05) is 0 Å². The molecule has 2 N–H and O–H groups in total. The molecule has 19 heavy (non-hydrogen) atoms. The molecule has 1 aliphatic rings. The molecule has 1 fully saturated rings. The monoisotopic (exact) mass is 266 g/mol. The van der Waals surface area contributed by atoms with Crippen molar-refractivity contribution in [1.82, 2.24) is 10.2 Å². The van der Waals surface area contributed by atoms with Crippen molar-refractivity contribution in [2.45, 2.75) is 25.4 Å². The molecule has 1 atom stereocenters. The molecule has 6 nitrogen and oxygen atoms in total. The van der Waals surface area contributed by atoms with Crippen molar-refractivity contribution in [2.75, 3.05) is 19.6 Å². The highest BCUT2D eigenvalue weighted by Crippen LogP contribution is 2.20. The van der Waals surface area contributed by atoms with Gasteiger partial charge in [0.2, 0.25) is 5.91 Å². The van der Waals surface area contributed by atoms with Crippen LogP contribution in [0.5, 0.6) is 0 Å².